The molecule has 1 aromatic rings. The lowest BCUT2D eigenvalue weighted by atomic mass is 10.3. The Balaban J connectivity index is 2.73. The van der Waals surface area contributed by atoms with Gasteiger partial charge in [0.2, 0.25) is 0 Å². The van der Waals surface area contributed by atoms with Crippen LogP contribution in [0.5, 0.6) is 5.75 Å². The van der Waals surface area contributed by atoms with Crippen LogP contribution in [0.4, 0.5) is 18.9 Å². The molecule has 0 aliphatic heterocycles. The van der Waals surface area contributed by atoms with Gasteiger partial charge in [0.05, 0.1) is 11.0 Å². The standard InChI is InChI=1S/C10H7BrCl2F3NO/c11-8-3-7(17-5-6(13)4-12)1-2-9(8)18-10(14,15)16/h1-4,17H,5H2/b6-4-. The molecule has 1 rings (SSSR count). The first-order valence-corrected chi connectivity index (χ1v) is 6.16. The highest BCUT2D eigenvalue weighted by molar-refractivity contribution is 9.10. The highest BCUT2D eigenvalue weighted by Crippen LogP contribution is 2.32. The van der Waals surface area contributed by atoms with Crippen molar-refractivity contribution in [1.82, 2.24) is 0 Å². The topological polar surface area (TPSA) is 21.3 Å². The molecule has 1 aromatic carbocycles. The molecule has 0 spiro atoms. The number of hydrogen-bond acceptors (Lipinski definition) is 2. The van der Waals surface area contributed by atoms with Crippen LogP contribution in [0.25, 0.3) is 0 Å². The predicted octanol–water partition coefficient (Wildman–Crippen LogP) is 5.08. The highest BCUT2D eigenvalue weighted by atomic mass is 79.9. The van der Waals surface area contributed by atoms with E-state index >= 15 is 0 Å². The van der Waals surface area contributed by atoms with Gasteiger partial charge in [-0.15, -0.1) is 13.2 Å². The fourth-order valence-electron chi connectivity index (χ4n) is 1.04. The monoisotopic (exact) mass is 363 g/mol. The van der Waals surface area contributed by atoms with Gasteiger partial charge >= 0.3 is 6.36 Å². The van der Waals surface area contributed by atoms with E-state index in [1.54, 1.807) is 0 Å². The number of ether oxygens (including phenoxy) is 1. The summed E-state index contributed by atoms with van der Waals surface area (Å²) in [4.78, 5) is 0. The summed E-state index contributed by atoms with van der Waals surface area (Å²) in [5.74, 6) is -0.313. The Morgan fingerprint density at radius 1 is 1.44 bits per heavy atom. The van der Waals surface area contributed by atoms with Crippen LogP contribution in [0, 0.1) is 0 Å². The number of alkyl halides is 3. The zero-order chi connectivity index (χ0) is 13.8. The van der Waals surface area contributed by atoms with E-state index in [-0.39, 0.29) is 16.8 Å². The lowest BCUT2D eigenvalue weighted by Crippen LogP contribution is -2.17. The van der Waals surface area contributed by atoms with Crippen LogP contribution in [0.2, 0.25) is 0 Å². The van der Waals surface area contributed by atoms with Gasteiger partial charge < -0.3 is 10.1 Å². The van der Waals surface area contributed by atoms with Crippen LogP contribution in [0.1, 0.15) is 0 Å². The maximum Gasteiger partial charge on any atom is 0.573 e. The maximum atomic E-state index is 12.0. The molecular formula is C10H7BrCl2F3NO. The van der Waals surface area contributed by atoms with Crippen molar-refractivity contribution in [2.75, 3.05) is 11.9 Å². The Morgan fingerprint density at radius 3 is 2.61 bits per heavy atom. The Labute approximate surface area is 120 Å². The quantitative estimate of drug-likeness (QED) is 0.804. The van der Waals surface area contributed by atoms with Crippen molar-refractivity contribution in [3.63, 3.8) is 0 Å². The molecule has 0 aliphatic carbocycles. The normalized spacial score (nSPS) is 12.4. The van der Waals surface area contributed by atoms with E-state index in [1.807, 2.05) is 0 Å². The molecule has 0 bridgehead atoms. The predicted molar refractivity (Wildman–Crippen MR) is 69.1 cm³/mol. The van der Waals surface area contributed by atoms with Crippen molar-refractivity contribution in [1.29, 1.82) is 0 Å². The van der Waals surface area contributed by atoms with Gasteiger partial charge in [-0.1, -0.05) is 23.2 Å². The lowest BCUT2D eigenvalue weighted by Gasteiger charge is -2.12. The third kappa shape index (κ3) is 5.37. The molecule has 0 saturated carbocycles. The zero-order valence-electron chi connectivity index (χ0n) is 8.69. The number of halogens is 6. The molecule has 0 heterocycles. The molecular weight excluding hydrogens is 358 g/mol. The van der Waals surface area contributed by atoms with Crippen molar-refractivity contribution < 1.29 is 17.9 Å². The Morgan fingerprint density at radius 2 is 2.11 bits per heavy atom. The van der Waals surface area contributed by atoms with Crippen molar-refractivity contribution in [3.8, 4) is 5.75 Å². The first kappa shape index (κ1) is 15.5. The molecule has 0 radical (unpaired) electrons. The van der Waals surface area contributed by atoms with Crippen LogP contribution in [0.15, 0.2) is 33.2 Å². The van der Waals surface area contributed by atoms with Crippen molar-refractivity contribution in [3.05, 3.63) is 33.2 Å². The minimum atomic E-state index is -4.72. The molecule has 0 saturated heterocycles. The van der Waals surface area contributed by atoms with E-state index in [1.165, 1.54) is 23.7 Å². The molecule has 8 heteroatoms. The zero-order valence-corrected chi connectivity index (χ0v) is 11.8. The van der Waals surface area contributed by atoms with Gasteiger partial charge in [0.15, 0.2) is 0 Å². The van der Waals surface area contributed by atoms with Gasteiger partial charge in [-0.25, -0.2) is 0 Å². The molecule has 0 atom stereocenters. The van der Waals surface area contributed by atoms with Gasteiger partial charge in [-0.3, -0.25) is 0 Å². The Kier molecular flexibility index (Phi) is 5.62. The Bertz CT molecular complexity index is 451. The third-order valence-corrected chi connectivity index (χ3v) is 2.97. The second-order valence-corrected chi connectivity index (χ2v) is 4.66. The largest absolute Gasteiger partial charge is 0.573 e. The lowest BCUT2D eigenvalue weighted by molar-refractivity contribution is -0.274. The average molecular weight is 365 g/mol. The molecule has 0 unspecified atom stereocenters. The number of nitrogens with one attached hydrogen (secondary N) is 1. The second-order valence-electron chi connectivity index (χ2n) is 3.10. The van der Waals surface area contributed by atoms with Crippen molar-refractivity contribution in [2.45, 2.75) is 6.36 Å². The SMILES string of the molecule is FC(F)(F)Oc1ccc(NC/C(Cl)=C/Cl)cc1Br. The van der Waals surface area contributed by atoms with Crippen LogP contribution in [0.3, 0.4) is 0 Å². The van der Waals surface area contributed by atoms with Crippen LogP contribution < -0.4 is 10.1 Å². The van der Waals surface area contributed by atoms with E-state index in [2.05, 4.69) is 26.0 Å². The molecule has 1 N–H and O–H groups in total. The van der Waals surface area contributed by atoms with E-state index in [4.69, 9.17) is 23.2 Å². The second kappa shape index (κ2) is 6.54. The summed E-state index contributed by atoms with van der Waals surface area (Å²) < 4.78 is 40.0. The van der Waals surface area contributed by atoms with Gasteiger partial charge in [0.25, 0.3) is 0 Å². The minimum absolute atomic E-state index is 0.177. The highest BCUT2D eigenvalue weighted by Gasteiger charge is 2.31. The van der Waals surface area contributed by atoms with Gasteiger partial charge in [0, 0.05) is 16.3 Å². The molecule has 2 nitrogen and oxygen atoms in total. The molecule has 0 aliphatic rings. The first-order valence-electron chi connectivity index (χ1n) is 4.56. The fourth-order valence-corrected chi connectivity index (χ4v) is 1.65. The van der Waals surface area contributed by atoms with Gasteiger partial charge in [0.1, 0.15) is 5.75 Å². The number of benzene rings is 1. The van der Waals surface area contributed by atoms with E-state index in [0.29, 0.717) is 10.7 Å². The third-order valence-electron chi connectivity index (χ3n) is 1.74. The summed E-state index contributed by atoms with van der Waals surface area (Å²) in [6, 6.07) is 4.07. The number of hydrogen-bond donors (Lipinski definition) is 1. The number of anilines is 1. The molecule has 0 aromatic heterocycles. The first-order chi connectivity index (χ1) is 8.31. The maximum absolute atomic E-state index is 12.0. The van der Waals surface area contributed by atoms with Gasteiger partial charge in [-0.05, 0) is 34.1 Å². The smallest absolute Gasteiger partial charge is 0.405 e. The summed E-state index contributed by atoms with van der Waals surface area (Å²) in [6.07, 6.45) is -4.72. The van der Waals surface area contributed by atoms with E-state index in [0.717, 1.165) is 0 Å². The summed E-state index contributed by atoms with van der Waals surface area (Å²) in [5.41, 5.74) is 1.78. The summed E-state index contributed by atoms with van der Waals surface area (Å²) in [6.45, 7) is 0.275. The molecule has 0 fully saturated rings. The van der Waals surface area contributed by atoms with Gasteiger partial charge in [-0.2, -0.15) is 0 Å². The summed E-state index contributed by atoms with van der Waals surface area (Å²) in [5, 5.41) is 3.25. The van der Waals surface area contributed by atoms with Crippen molar-refractivity contribution >= 4 is 44.8 Å². The van der Waals surface area contributed by atoms with Crippen LogP contribution >= 0.6 is 39.1 Å². The number of rotatable bonds is 4. The molecule has 100 valence electrons. The fraction of sp³-hybridized carbons (Fsp3) is 0.200. The van der Waals surface area contributed by atoms with Crippen molar-refractivity contribution in [2.24, 2.45) is 0 Å². The average Bonchev–Trinajstić information content (AvgIpc) is 2.27. The Hall–Kier alpha value is -0.590. The van der Waals surface area contributed by atoms with Crippen LogP contribution in [-0.4, -0.2) is 12.9 Å². The summed E-state index contributed by atoms with van der Waals surface area (Å²) in [7, 11) is 0. The summed E-state index contributed by atoms with van der Waals surface area (Å²) >= 11 is 14.0. The molecule has 18 heavy (non-hydrogen) atoms. The minimum Gasteiger partial charge on any atom is -0.405 e. The van der Waals surface area contributed by atoms with E-state index in [9.17, 15) is 13.2 Å². The van der Waals surface area contributed by atoms with E-state index < -0.39 is 6.36 Å². The molecule has 0 amide bonds. The van der Waals surface area contributed by atoms with Crippen LogP contribution in [-0.2, 0) is 0 Å².